The fraction of sp³-hybridized carbons (Fsp3) is 0.0370. The molecule has 0 heterocycles. The molecule has 4 aromatic carbocycles. The van der Waals surface area contributed by atoms with E-state index in [0.29, 0.717) is 17.8 Å². The fourth-order valence-electron chi connectivity index (χ4n) is 3.40. The Morgan fingerprint density at radius 2 is 1.45 bits per heavy atom. The topological polar surface area (TPSA) is 58.2 Å². The molecule has 0 atom stereocenters. The average molecular weight is 406 g/mol. The molecule has 2 amide bonds. The highest BCUT2D eigenvalue weighted by molar-refractivity contribution is 6.08. The summed E-state index contributed by atoms with van der Waals surface area (Å²) >= 11 is 0. The molecule has 4 heteroatoms. The van der Waals surface area contributed by atoms with Crippen LogP contribution < -0.4 is 10.6 Å². The lowest BCUT2D eigenvalue weighted by Gasteiger charge is -2.10. The molecule has 0 aliphatic carbocycles. The zero-order valence-electron chi connectivity index (χ0n) is 16.9. The lowest BCUT2D eigenvalue weighted by atomic mass is 10.0. The van der Waals surface area contributed by atoms with E-state index in [1.165, 1.54) is 6.08 Å². The molecule has 0 bridgehead atoms. The van der Waals surface area contributed by atoms with Gasteiger partial charge in [0.1, 0.15) is 0 Å². The van der Waals surface area contributed by atoms with Crippen LogP contribution in [0.4, 0.5) is 5.69 Å². The van der Waals surface area contributed by atoms with E-state index in [1.54, 1.807) is 30.3 Å². The fourth-order valence-corrected chi connectivity index (χ4v) is 3.40. The van der Waals surface area contributed by atoms with E-state index in [-0.39, 0.29) is 11.8 Å². The zero-order chi connectivity index (χ0) is 21.5. The van der Waals surface area contributed by atoms with E-state index < -0.39 is 0 Å². The van der Waals surface area contributed by atoms with Crippen molar-refractivity contribution in [2.24, 2.45) is 0 Å². The quantitative estimate of drug-likeness (QED) is 0.420. The van der Waals surface area contributed by atoms with Gasteiger partial charge in [-0.2, -0.15) is 0 Å². The Morgan fingerprint density at radius 1 is 0.742 bits per heavy atom. The second-order valence-electron chi connectivity index (χ2n) is 7.10. The van der Waals surface area contributed by atoms with Crippen LogP contribution in [0.25, 0.3) is 16.8 Å². The second-order valence-corrected chi connectivity index (χ2v) is 7.10. The Bertz CT molecular complexity index is 1240. The number of benzene rings is 4. The van der Waals surface area contributed by atoms with Gasteiger partial charge in [-0.15, -0.1) is 0 Å². The van der Waals surface area contributed by atoms with E-state index >= 15 is 0 Å². The maximum Gasteiger partial charge on any atom is 0.253 e. The van der Waals surface area contributed by atoms with Gasteiger partial charge in [0.15, 0.2) is 0 Å². The largest absolute Gasteiger partial charge is 0.348 e. The van der Waals surface area contributed by atoms with Crippen molar-refractivity contribution in [1.29, 1.82) is 0 Å². The molecule has 4 aromatic rings. The number of hydrogen-bond donors (Lipinski definition) is 2. The molecule has 31 heavy (non-hydrogen) atoms. The number of carbonyl (C=O) groups is 2. The molecule has 0 aliphatic rings. The molecular weight excluding hydrogens is 384 g/mol. The second kappa shape index (κ2) is 9.55. The van der Waals surface area contributed by atoms with Gasteiger partial charge in [-0.3, -0.25) is 9.59 Å². The summed E-state index contributed by atoms with van der Waals surface area (Å²) in [6, 6.07) is 30.7. The number of amides is 2. The Morgan fingerprint density at radius 3 is 2.32 bits per heavy atom. The highest BCUT2D eigenvalue weighted by atomic mass is 16.2. The Kier molecular flexibility index (Phi) is 6.19. The van der Waals surface area contributed by atoms with Crippen LogP contribution in [0, 0.1) is 0 Å². The highest BCUT2D eigenvalue weighted by Gasteiger charge is 2.12. The number of carbonyl (C=O) groups excluding carboxylic acids is 2. The number of rotatable bonds is 6. The van der Waals surface area contributed by atoms with Crippen LogP contribution in [0.15, 0.2) is 103 Å². The predicted molar refractivity (Wildman–Crippen MR) is 126 cm³/mol. The van der Waals surface area contributed by atoms with E-state index in [1.807, 2.05) is 72.8 Å². The molecule has 2 N–H and O–H groups in total. The average Bonchev–Trinajstić information content (AvgIpc) is 2.82. The Hall–Kier alpha value is -4.18. The van der Waals surface area contributed by atoms with Crippen molar-refractivity contribution < 1.29 is 9.59 Å². The third-order valence-electron chi connectivity index (χ3n) is 4.96. The maximum absolute atomic E-state index is 12.7. The van der Waals surface area contributed by atoms with Crippen LogP contribution in [0.1, 0.15) is 21.5 Å². The van der Waals surface area contributed by atoms with Gasteiger partial charge in [0.05, 0.1) is 11.3 Å². The van der Waals surface area contributed by atoms with Crippen LogP contribution in [0.3, 0.4) is 0 Å². The third kappa shape index (κ3) is 5.06. The third-order valence-corrected chi connectivity index (χ3v) is 4.96. The first-order chi connectivity index (χ1) is 15.2. The van der Waals surface area contributed by atoms with E-state index in [4.69, 9.17) is 0 Å². The summed E-state index contributed by atoms with van der Waals surface area (Å²) in [6.45, 7) is 0.420. The van der Waals surface area contributed by atoms with E-state index in [0.717, 1.165) is 21.9 Å². The smallest absolute Gasteiger partial charge is 0.253 e. The highest BCUT2D eigenvalue weighted by Crippen LogP contribution is 2.20. The molecule has 4 nitrogen and oxygen atoms in total. The molecule has 152 valence electrons. The minimum atomic E-state index is -0.295. The van der Waals surface area contributed by atoms with Gasteiger partial charge >= 0.3 is 0 Å². The van der Waals surface area contributed by atoms with Crippen LogP contribution in [-0.2, 0) is 11.3 Å². The van der Waals surface area contributed by atoms with Crippen molar-refractivity contribution in [1.82, 2.24) is 5.32 Å². The SMILES string of the molecule is O=C(/C=C/c1cccc2ccccc12)Nc1ccccc1C(=O)NCc1ccccc1. The molecule has 0 saturated heterocycles. The van der Waals surface area contributed by atoms with Gasteiger partial charge in [0.2, 0.25) is 5.91 Å². The summed E-state index contributed by atoms with van der Waals surface area (Å²) in [5.74, 6) is -0.533. The molecule has 4 rings (SSSR count). The summed E-state index contributed by atoms with van der Waals surface area (Å²) < 4.78 is 0. The van der Waals surface area contributed by atoms with Crippen molar-refractivity contribution in [2.45, 2.75) is 6.54 Å². The van der Waals surface area contributed by atoms with Gasteiger partial charge < -0.3 is 10.6 Å². The molecule has 0 aliphatic heterocycles. The monoisotopic (exact) mass is 406 g/mol. The van der Waals surface area contributed by atoms with Crippen molar-refractivity contribution in [3.05, 3.63) is 120 Å². The molecule has 0 aromatic heterocycles. The maximum atomic E-state index is 12.7. The van der Waals surface area contributed by atoms with Crippen molar-refractivity contribution in [3.63, 3.8) is 0 Å². The number of nitrogens with one attached hydrogen (secondary N) is 2. The lowest BCUT2D eigenvalue weighted by Crippen LogP contribution is -2.24. The number of anilines is 1. The first-order valence-corrected chi connectivity index (χ1v) is 10.1. The molecule has 0 unspecified atom stereocenters. The lowest BCUT2D eigenvalue weighted by molar-refractivity contribution is -0.111. The van der Waals surface area contributed by atoms with Crippen molar-refractivity contribution in [2.75, 3.05) is 5.32 Å². The minimum Gasteiger partial charge on any atom is -0.348 e. The standard InChI is InChI=1S/C27H22N2O2/c30-26(18-17-22-13-8-12-21-11-4-5-14-23(21)22)29-25-16-7-6-15-24(25)27(31)28-19-20-9-2-1-3-10-20/h1-18H,19H2,(H,28,31)(H,29,30)/b18-17+. The number of para-hydroxylation sites is 1. The normalized spacial score (nSPS) is 10.8. The summed E-state index contributed by atoms with van der Waals surface area (Å²) in [6.07, 6.45) is 3.27. The number of fused-ring (bicyclic) bond motifs is 1. The minimum absolute atomic E-state index is 0.238. The summed E-state index contributed by atoms with van der Waals surface area (Å²) in [4.78, 5) is 25.2. The Labute approximate surface area is 181 Å². The molecular formula is C27H22N2O2. The molecule has 0 spiro atoms. The summed E-state index contributed by atoms with van der Waals surface area (Å²) in [5.41, 5.74) is 2.86. The predicted octanol–water partition coefficient (Wildman–Crippen LogP) is 5.42. The van der Waals surface area contributed by atoms with Crippen LogP contribution >= 0.6 is 0 Å². The summed E-state index contributed by atoms with van der Waals surface area (Å²) in [5, 5.41) is 7.91. The van der Waals surface area contributed by atoms with Gasteiger partial charge in [0, 0.05) is 12.6 Å². The van der Waals surface area contributed by atoms with Crippen molar-refractivity contribution >= 4 is 34.4 Å². The molecule has 0 fully saturated rings. The Balaban J connectivity index is 1.46. The van der Waals surface area contributed by atoms with E-state index in [2.05, 4.69) is 10.6 Å². The van der Waals surface area contributed by atoms with Crippen LogP contribution in [0.2, 0.25) is 0 Å². The number of hydrogen-bond acceptors (Lipinski definition) is 2. The van der Waals surface area contributed by atoms with Crippen LogP contribution in [-0.4, -0.2) is 11.8 Å². The molecule has 0 saturated carbocycles. The van der Waals surface area contributed by atoms with Gasteiger partial charge in [0.25, 0.3) is 5.91 Å². The van der Waals surface area contributed by atoms with Gasteiger partial charge in [-0.05, 0) is 40.1 Å². The van der Waals surface area contributed by atoms with Crippen LogP contribution in [0.5, 0.6) is 0 Å². The molecule has 0 radical (unpaired) electrons. The first kappa shape index (κ1) is 20.1. The van der Waals surface area contributed by atoms with E-state index in [9.17, 15) is 9.59 Å². The van der Waals surface area contributed by atoms with Gasteiger partial charge in [-0.25, -0.2) is 0 Å². The first-order valence-electron chi connectivity index (χ1n) is 10.1. The zero-order valence-corrected chi connectivity index (χ0v) is 16.9. The van der Waals surface area contributed by atoms with Gasteiger partial charge in [-0.1, -0.05) is 84.9 Å². The van der Waals surface area contributed by atoms with Crippen molar-refractivity contribution in [3.8, 4) is 0 Å². The summed E-state index contributed by atoms with van der Waals surface area (Å²) in [7, 11) is 0.